The van der Waals surface area contributed by atoms with E-state index in [2.05, 4.69) is 80.2 Å². The molecule has 2 aromatic carbocycles. The Hall–Kier alpha value is -2.18. The van der Waals surface area contributed by atoms with Crippen molar-refractivity contribution in [3.8, 4) is 0 Å². The first-order chi connectivity index (χ1) is 11.3. The van der Waals surface area contributed by atoms with Gasteiger partial charge in [-0.15, -0.1) is 12.4 Å². The lowest BCUT2D eigenvalue weighted by Crippen LogP contribution is -2.34. The van der Waals surface area contributed by atoms with Crippen molar-refractivity contribution in [3.63, 3.8) is 0 Å². The Labute approximate surface area is 147 Å². The fourth-order valence-corrected chi connectivity index (χ4v) is 3.45. The minimum absolute atomic E-state index is 0. The highest BCUT2D eigenvalue weighted by molar-refractivity contribution is 5.86. The largest absolute Gasteiger partial charge is 0.338 e. The van der Waals surface area contributed by atoms with Crippen LogP contribution in [0.15, 0.2) is 42.5 Å². The molecule has 6 nitrogen and oxygen atoms in total. The summed E-state index contributed by atoms with van der Waals surface area (Å²) in [6.07, 6.45) is 1.09. The van der Waals surface area contributed by atoms with Gasteiger partial charge in [-0.1, -0.05) is 47.6 Å². The number of rotatable bonds is 4. The summed E-state index contributed by atoms with van der Waals surface area (Å²) in [4.78, 5) is 2.19. The standard InChI is InChI=1S/C17H20N6.ClH/c1-12(15-8-4-6-13-5-2-3-7-16(13)15)18-14-9-10-23(11-14)17-19-21-22-20-17;/h2-8,12,14,18H,9-11H2,1H3,(H,19,20,21,22);1H/t12-,14?;/m1./s1. The lowest BCUT2D eigenvalue weighted by molar-refractivity contribution is 0.483. The van der Waals surface area contributed by atoms with Gasteiger partial charge in [0.15, 0.2) is 0 Å². The van der Waals surface area contributed by atoms with Gasteiger partial charge in [0.05, 0.1) is 0 Å². The van der Waals surface area contributed by atoms with E-state index in [4.69, 9.17) is 0 Å². The zero-order valence-corrected chi connectivity index (χ0v) is 14.3. The molecule has 3 aromatic rings. The Kier molecular flexibility index (Phi) is 4.97. The van der Waals surface area contributed by atoms with Gasteiger partial charge in [-0.25, -0.2) is 5.10 Å². The van der Waals surface area contributed by atoms with Crippen LogP contribution in [0, 0.1) is 0 Å². The van der Waals surface area contributed by atoms with E-state index in [0.29, 0.717) is 12.1 Å². The van der Waals surface area contributed by atoms with Crippen LogP contribution in [0.2, 0.25) is 0 Å². The molecule has 1 aliphatic rings. The average molecular weight is 345 g/mol. The number of hydrogen-bond donors (Lipinski definition) is 2. The van der Waals surface area contributed by atoms with Crippen molar-refractivity contribution in [2.45, 2.75) is 25.4 Å². The summed E-state index contributed by atoms with van der Waals surface area (Å²) in [6.45, 7) is 4.13. The maximum atomic E-state index is 3.99. The van der Waals surface area contributed by atoms with Crippen LogP contribution < -0.4 is 10.2 Å². The number of fused-ring (bicyclic) bond motifs is 1. The van der Waals surface area contributed by atoms with Crippen molar-refractivity contribution >= 4 is 29.1 Å². The lowest BCUT2D eigenvalue weighted by Gasteiger charge is -2.21. The maximum Gasteiger partial charge on any atom is 0.242 e. The molecular weight excluding hydrogens is 324 g/mol. The van der Waals surface area contributed by atoms with Gasteiger partial charge in [0.1, 0.15) is 0 Å². The smallest absolute Gasteiger partial charge is 0.242 e. The van der Waals surface area contributed by atoms with E-state index in [0.717, 1.165) is 25.5 Å². The van der Waals surface area contributed by atoms with Gasteiger partial charge in [0.2, 0.25) is 5.95 Å². The predicted octanol–water partition coefficient (Wildman–Crippen LogP) is 2.70. The van der Waals surface area contributed by atoms with Gasteiger partial charge in [-0.3, -0.25) is 0 Å². The highest BCUT2D eigenvalue weighted by Crippen LogP contribution is 2.25. The van der Waals surface area contributed by atoms with Crippen molar-refractivity contribution in [1.82, 2.24) is 25.9 Å². The molecule has 2 N–H and O–H groups in total. The maximum absolute atomic E-state index is 3.99. The number of hydrogen-bond acceptors (Lipinski definition) is 5. The molecule has 2 atom stereocenters. The molecule has 1 unspecified atom stereocenters. The van der Waals surface area contributed by atoms with Crippen LogP contribution in [0.25, 0.3) is 10.8 Å². The summed E-state index contributed by atoms with van der Waals surface area (Å²) in [7, 11) is 0. The van der Waals surface area contributed by atoms with Crippen LogP contribution in [-0.4, -0.2) is 39.8 Å². The topological polar surface area (TPSA) is 69.7 Å². The highest BCUT2D eigenvalue weighted by atomic mass is 35.5. The molecule has 1 saturated heterocycles. The van der Waals surface area contributed by atoms with Gasteiger partial charge >= 0.3 is 0 Å². The second kappa shape index (κ2) is 7.15. The lowest BCUT2D eigenvalue weighted by atomic mass is 9.99. The van der Waals surface area contributed by atoms with Crippen LogP contribution in [-0.2, 0) is 0 Å². The zero-order chi connectivity index (χ0) is 15.6. The first-order valence-electron chi connectivity index (χ1n) is 8.03. The van der Waals surface area contributed by atoms with Crippen LogP contribution in [0.1, 0.15) is 24.9 Å². The summed E-state index contributed by atoms with van der Waals surface area (Å²) in [5.74, 6) is 0.757. The van der Waals surface area contributed by atoms with Crippen molar-refractivity contribution in [2.75, 3.05) is 18.0 Å². The summed E-state index contributed by atoms with van der Waals surface area (Å²) in [5, 5.41) is 20.5. The number of anilines is 1. The minimum Gasteiger partial charge on any atom is -0.338 e. The third kappa shape index (κ3) is 3.20. The Bertz CT molecular complexity index is 785. The summed E-state index contributed by atoms with van der Waals surface area (Å²) < 4.78 is 0. The number of aromatic nitrogens is 4. The van der Waals surface area contributed by atoms with E-state index < -0.39 is 0 Å². The third-order valence-electron chi connectivity index (χ3n) is 4.60. The van der Waals surface area contributed by atoms with Crippen molar-refractivity contribution < 1.29 is 0 Å². The molecule has 126 valence electrons. The molecular formula is C17H21ClN6. The number of tetrazole rings is 1. The summed E-state index contributed by atoms with van der Waals surface area (Å²) >= 11 is 0. The Morgan fingerprint density at radius 3 is 2.88 bits per heavy atom. The molecule has 0 spiro atoms. The number of nitrogens with zero attached hydrogens (tertiary/aromatic N) is 4. The molecule has 24 heavy (non-hydrogen) atoms. The van der Waals surface area contributed by atoms with E-state index in [9.17, 15) is 0 Å². The minimum atomic E-state index is 0. The zero-order valence-electron chi connectivity index (χ0n) is 13.5. The second-order valence-corrected chi connectivity index (χ2v) is 6.11. The molecule has 0 amide bonds. The fraction of sp³-hybridized carbons (Fsp3) is 0.353. The number of aromatic amines is 1. The second-order valence-electron chi connectivity index (χ2n) is 6.11. The van der Waals surface area contributed by atoms with Gasteiger partial charge in [0, 0.05) is 25.2 Å². The molecule has 0 saturated carbocycles. The van der Waals surface area contributed by atoms with E-state index in [-0.39, 0.29) is 12.4 Å². The third-order valence-corrected chi connectivity index (χ3v) is 4.60. The van der Waals surface area contributed by atoms with Crippen LogP contribution in [0.3, 0.4) is 0 Å². The molecule has 0 radical (unpaired) electrons. The van der Waals surface area contributed by atoms with Crippen LogP contribution in [0.5, 0.6) is 0 Å². The molecule has 1 aliphatic heterocycles. The predicted molar refractivity (Wildman–Crippen MR) is 97.5 cm³/mol. The van der Waals surface area contributed by atoms with E-state index in [1.165, 1.54) is 16.3 Å². The molecule has 7 heteroatoms. The van der Waals surface area contributed by atoms with Gasteiger partial charge < -0.3 is 10.2 Å². The Balaban J connectivity index is 0.00000169. The summed E-state index contributed by atoms with van der Waals surface area (Å²) in [6, 6.07) is 15.8. The van der Waals surface area contributed by atoms with Crippen molar-refractivity contribution in [2.24, 2.45) is 0 Å². The molecule has 4 rings (SSSR count). The Morgan fingerprint density at radius 1 is 1.21 bits per heavy atom. The quantitative estimate of drug-likeness (QED) is 0.761. The van der Waals surface area contributed by atoms with Gasteiger partial charge in [-0.2, -0.15) is 0 Å². The average Bonchev–Trinajstić information content (AvgIpc) is 3.25. The van der Waals surface area contributed by atoms with E-state index in [1.54, 1.807) is 0 Å². The normalized spacial score (nSPS) is 18.5. The SMILES string of the molecule is C[C@@H](NC1CCN(c2nnn[nH]2)C1)c1cccc2ccccc12.Cl. The van der Waals surface area contributed by atoms with Crippen molar-refractivity contribution in [1.29, 1.82) is 0 Å². The van der Waals surface area contributed by atoms with E-state index >= 15 is 0 Å². The number of benzene rings is 2. The molecule has 1 aromatic heterocycles. The number of H-pyrrole nitrogens is 1. The first kappa shape index (κ1) is 16.7. The first-order valence-corrected chi connectivity index (χ1v) is 8.03. The fourth-order valence-electron chi connectivity index (χ4n) is 3.45. The molecule has 2 heterocycles. The van der Waals surface area contributed by atoms with Crippen LogP contribution in [0.4, 0.5) is 5.95 Å². The monoisotopic (exact) mass is 344 g/mol. The highest BCUT2D eigenvalue weighted by Gasteiger charge is 2.26. The molecule has 0 aliphatic carbocycles. The summed E-state index contributed by atoms with van der Waals surface area (Å²) in [5.41, 5.74) is 1.35. The van der Waals surface area contributed by atoms with Gasteiger partial charge in [-0.05, 0) is 40.1 Å². The van der Waals surface area contributed by atoms with Gasteiger partial charge in [0.25, 0.3) is 0 Å². The number of halogens is 1. The Morgan fingerprint density at radius 2 is 2.04 bits per heavy atom. The van der Waals surface area contributed by atoms with Crippen molar-refractivity contribution in [3.05, 3.63) is 48.0 Å². The van der Waals surface area contributed by atoms with Crippen LogP contribution >= 0.6 is 12.4 Å². The molecule has 1 fully saturated rings. The van der Waals surface area contributed by atoms with E-state index in [1.807, 2.05) is 0 Å². The number of nitrogens with one attached hydrogen (secondary N) is 2. The molecule has 0 bridgehead atoms.